The van der Waals surface area contributed by atoms with Gasteiger partial charge in [-0.2, -0.15) is 0 Å². The number of aromatic nitrogens is 1. The minimum absolute atomic E-state index is 0.819. The molecule has 0 radical (unpaired) electrons. The van der Waals surface area contributed by atoms with Crippen LogP contribution in [0, 0.1) is 0 Å². The Bertz CT molecular complexity index is 1190. The quantitative estimate of drug-likeness (QED) is 0.385. The first-order valence-corrected chi connectivity index (χ1v) is 9.26. The lowest BCUT2D eigenvalue weighted by Gasteiger charge is -2.26. The van der Waals surface area contributed by atoms with E-state index >= 15 is 0 Å². The van der Waals surface area contributed by atoms with Gasteiger partial charge in [0.15, 0.2) is 0 Å². The lowest BCUT2D eigenvalue weighted by Crippen LogP contribution is -2.16. The molecule has 0 fully saturated rings. The highest BCUT2D eigenvalue weighted by atomic mass is 15.1. The van der Waals surface area contributed by atoms with E-state index in [0.717, 1.165) is 6.54 Å². The van der Waals surface area contributed by atoms with Gasteiger partial charge in [-0.05, 0) is 29.8 Å². The van der Waals surface area contributed by atoms with Crippen LogP contribution in [-0.4, -0.2) is 4.98 Å². The van der Waals surface area contributed by atoms with Crippen molar-refractivity contribution in [2.45, 2.75) is 6.54 Å². The fourth-order valence-corrected chi connectivity index (χ4v) is 3.77. The van der Waals surface area contributed by atoms with E-state index < -0.39 is 0 Å². The first-order chi connectivity index (χ1) is 13.4. The highest BCUT2D eigenvalue weighted by Crippen LogP contribution is 2.36. The van der Waals surface area contributed by atoms with Gasteiger partial charge in [0.1, 0.15) is 0 Å². The Labute approximate surface area is 158 Å². The van der Waals surface area contributed by atoms with Crippen molar-refractivity contribution in [3.05, 3.63) is 109 Å². The molecule has 0 amide bonds. The third-order valence-corrected chi connectivity index (χ3v) is 5.06. The molecule has 0 spiro atoms. The molecule has 27 heavy (non-hydrogen) atoms. The minimum atomic E-state index is 0.819. The van der Waals surface area contributed by atoms with Crippen molar-refractivity contribution in [2.24, 2.45) is 0 Å². The number of nitrogens with zero attached hydrogens (tertiary/aromatic N) is 1. The molecule has 0 unspecified atom stereocenters. The molecule has 0 atom stereocenters. The number of hydrogen-bond acceptors (Lipinski definition) is 1. The van der Waals surface area contributed by atoms with E-state index in [1.807, 2.05) is 0 Å². The van der Waals surface area contributed by atoms with Crippen LogP contribution in [0.25, 0.3) is 21.8 Å². The van der Waals surface area contributed by atoms with Gasteiger partial charge >= 0.3 is 0 Å². The largest absolute Gasteiger partial charge is 0.353 e. The molecule has 5 rings (SSSR count). The summed E-state index contributed by atoms with van der Waals surface area (Å²) in [6.45, 7) is 0.819. The van der Waals surface area contributed by atoms with Gasteiger partial charge in [0, 0.05) is 28.5 Å². The van der Waals surface area contributed by atoms with Crippen LogP contribution in [0.4, 0.5) is 11.4 Å². The molecule has 130 valence electrons. The molecule has 1 N–H and O–H groups in total. The van der Waals surface area contributed by atoms with Crippen LogP contribution < -0.4 is 4.90 Å². The zero-order valence-electron chi connectivity index (χ0n) is 15.0. The van der Waals surface area contributed by atoms with Crippen molar-refractivity contribution in [2.75, 3.05) is 4.90 Å². The van der Waals surface area contributed by atoms with E-state index in [1.54, 1.807) is 0 Å². The van der Waals surface area contributed by atoms with Crippen LogP contribution in [0.15, 0.2) is 103 Å². The van der Waals surface area contributed by atoms with Gasteiger partial charge in [0.05, 0.1) is 11.2 Å². The molecule has 0 saturated heterocycles. The molecule has 2 heteroatoms. The molecular weight excluding hydrogens is 328 g/mol. The van der Waals surface area contributed by atoms with Crippen molar-refractivity contribution >= 4 is 33.2 Å². The van der Waals surface area contributed by atoms with Gasteiger partial charge < -0.3 is 9.88 Å². The maximum atomic E-state index is 3.64. The topological polar surface area (TPSA) is 19.0 Å². The molecule has 0 saturated carbocycles. The van der Waals surface area contributed by atoms with Crippen LogP contribution in [0.3, 0.4) is 0 Å². The molecule has 0 bridgehead atoms. The number of hydrogen-bond donors (Lipinski definition) is 1. The minimum Gasteiger partial charge on any atom is -0.353 e. The van der Waals surface area contributed by atoms with Crippen LogP contribution in [-0.2, 0) is 6.54 Å². The summed E-state index contributed by atoms with van der Waals surface area (Å²) in [6, 6.07) is 36.3. The number of anilines is 2. The zero-order chi connectivity index (χ0) is 18.1. The van der Waals surface area contributed by atoms with E-state index in [2.05, 4.69) is 113 Å². The first kappa shape index (κ1) is 15.7. The Morgan fingerprint density at radius 2 is 1.26 bits per heavy atom. The second-order valence-electron chi connectivity index (χ2n) is 6.78. The van der Waals surface area contributed by atoms with Gasteiger partial charge in [0.2, 0.25) is 0 Å². The van der Waals surface area contributed by atoms with Gasteiger partial charge in [-0.3, -0.25) is 0 Å². The monoisotopic (exact) mass is 348 g/mol. The van der Waals surface area contributed by atoms with Crippen LogP contribution >= 0.6 is 0 Å². The van der Waals surface area contributed by atoms with Crippen molar-refractivity contribution < 1.29 is 0 Å². The molecule has 5 aromatic rings. The number of para-hydroxylation sites is 3. The highest BCUT2D eigenvalue weighted by Gasteiger charge is 2.15. The van der Waals surface area contributed by atoms with Gasteiger partial charge in [-0.1, -0.05) is 78.9 Å². The number of aromatic amines is 1. The maximum Gasteiger partial charge on any atom is 0.0706 e. The average Bonchev–Trinajstić information content (AvgIpc) is 3.12. The van der Waals surface area contributed by atoms with E-state index in [0.29, 0.717) is 0 Å². The van der Waals surface area contributed by atoms with E-state index in [-0.39, 0.29) is 0 Å². The first-order valence-electron chi connectivity index (χ1n) is 9.26. The normalized spacial score (nSPS) is 11.1. The number of fused-ring (bicyclic) bond motifs is 3. The van der Waals surface area contributed by atoms with Gasteiger partial charge in [0.25, 0.3) is 0 Å². The lowest BCUT2D eigenvalue weighted by atomic mass is 10.1. The number of nitrogens with one attached hydrogen (secondary N) is 1. The summed E-state index contributed by atoms with van der Waals surface area (Å²) in [4.78, 5) is 6.02. The number of benzene rings is 4. The van der Waals surface area contributed by atoms with Crippen molar-refractivity contribution in [1.82, 2.24) is 4.98 Å². The predicted molar refractivity (Wildman–Crippen MR) is 115 cm³/mol. The number of rotatable bonds is 4. The summed E-state index contributed by atoms with van der Waals surface area (Å²) in [5, 5.41) is 2.53. The molecule has 0 aliphatic carbocycles. The molecule has 0 aliphatic heterocycles. The van der Waals surface area contributed by atoms with Gasteiger partial charge in [-0.25, -0.2) is 0 Å². The van der Waals surface area contributed by atoms with Crippen molar-refractivity contribution in [1.29, 1.82) is 0 Å². The molecule has 1 aromatic heterocycles. The molecule has 1 heterocycles. The Balaban J connectivity index is 1.72. The standard InChI is InChI=1S/C25H20N2/c1-3-10-19(11-4-1)18-27(20-12-5-2-6-13-20)24-17-9-15-22-21-14-7-8-16-23(21)26-25(22)24/h1-17,26H,18H2. The predicted octanol–water partition coefficient (Wildman–Crippen LogP) is 6.66. The summed E-state index contributed by atoms with van der Waals surface area (Å²) in [6.07, 6.45) is 0. The summed E-state index contributed by atoms with van der Waals surface area (Å²) in [5.74, 6) is 0. The van der Waals surface area contributed by atoms with Crippen molar-refractivity contribution in [3.8, 4) is 0 Å². The molecule has 0 aliphatic rings. The fourth-order valence-electron chi connectivity index (χ4n) is 3.77. The Hall–Kier alpha value is -3.52. The SMILES string of the molecule is c1ccc(CN(c2ccccc2)c2cccc3c2[nH]c2ccccc23)cc1. The molecule has 2 nitrogen and oxygen atoms in total. The Kier molecular flexibility index (Phi) is 3.87. The molecule has 4 aromatic carbocycles. The summed E-state index contributed by atoms with van der Waals surface area (Å²) in [7, 11) is 0. The van der Waals surface area contributed by atoms with Crippen LogP contribution in [0.2, 0.25) is 0 Å². The second kappa shape index (κ2) is 6.65. The Morgan fingerprint density at radius 1 is 0.593 bits per heavy atom. The average molecular weight is 348 g/mol. The highest BCUT2D eigenvalue weighted by molar-refractivity contribution is 6.11. The molecular formula is C25H20N2. The second-order valence-corrected chi connectivity index (χ2v) is 6.78. The third kappa shape index (κ3) is 2.85. The van der Waals surface area contributed by atoms with E-state index in [4.69, 9.17) is 0 Å². The summed E-state index contributed by atoms with van der Waals surface area (Å²) in [5.41, 5.74) is 6.02. The van der Waals surface area contributed by atoms with E-state index in [9.17, 15) is 0 Å². The summed E-state index contributed by atoms with van der Waals surface area (Å²) < 4.78 is 0. The van der Waals surface area contributed by atoms with Crippen LogP contribution in [0.5, 0.6) is 0 Å². The van der Waals surface area contributed by atoms with Crippen molar-refractivity contribution in [3.63, 3.8) is 0 Å². The fraction of sp³-hybridized carbons (Fsp3) is 0.0400. The Morgan fingerprint density at radius 3 is 2.07 bits per heavy atom. The number of H-pyrrole nitrogens is 1. The zero-order valence-corrected chi connectivity index (χ0v) is 15.0. The maximum absolute atomic E-state index is 3.64. The lowest BCUT2D eigenvalue weighted by molar-refractivity contribution is 0.979. The third-order valence-electron chi connectivity index (χ3n) is 5.06. The van der Waals surface area contributed by atoms with E-state index in [1.165, 1.54) is 38.7 Å². The summed E-state index contributed by atoms with van der Waals surface area (Å²) >= 11 is 0. The van der Waals surface area contributed by atoms with Crippen LogP contribution in [0.1, 0.15) is 5.56 Å². The smallest absolute Gasteiger partial charge is 0.0706 e. The van der Waals surface area contributed by atoms with Gasteiger partial charge in [-0.15, -0.1) is 0 Å².